The minimum atomic E-state index is -0.950. The molecule has 0 spiro atoms. The van der Waals surface area contributed by atoms with Crippen LogP contribution in [0.25, 0.3) is 0 Å². The number of nitrogens with zero attached hydrogens (tertiary/aromatic N) is 5. The van der Waals surface area contributed by atoms with Crippen molar-refractivity contribution in [2.75, 3.05) is 52.4 Å². The molecular weight excluding hydrogens is 436 g/mol. The fourth-order valence-electron chi connectivity index (χ4n) is 3.35. The molecule has 1 fully saturated rings. The molecule has 180 valence electrons. The van der Waals surface area contributed by atoms with Crippen LogP contribution in [0.3, 0.4) is 0 Å². The molecule has 0 aliphatic carbocycles. The highest BCUT2D eigenvalue weighted by Gasteiger charge is 2.27. The van der Waals surface area contributed by atoms with Gasteiger partial charge in [0, 0.05) is 45.8 Å². The van der Waals surface area contributed by atoms with Crippen LogP contribution in [0.4, 0.5) is 0 Å². The third kappa shape index (κ3) is 8.77. The van der Waals surface area contributed by atoms with E-state index in [1.54, 1.807) is 0 Å². The summed E-state index contributed by atoms with van der Waals surface area (Å²) in [5.74, 6) is -0.297. The summed E-state index contributed by atoms with van der Waals surface area (Å²) in [4.78, 5) is 29.2. The van der Waals surface area contributed by atoms with Gasteiger partial charge in [0.05, 0.1) is 0 Å². The van der Waals surface area contributed by atoms with Crippen LogP contribution in [-0.4, -0.2) is 91.9 Å². The Hall–Kier alpha value is -2.77. The highest BCUT2D eigenvalue weighted by Crippen LogP contribution is 2.09. The van der Waals surface area contributed by atoms with Crippen molar-refractivity contribution in [3.8, 4) is 0 Å². The van der Waals surface area contributed by atoms with E-state index in [9.17, 15) is 4.79 Å². The van der Waals surface area contributed by atoms with Gasteiger partial charge in [-0.15, -0.1) is 0 Å². The number of carbonyl (C=O) groups excluding carboxylic acids is 1. The second kappa shape index (κ2) is 12.9. The molecule has 1 saturated heterocycles. The van der Waals surface area contributed by atoms with Gasteiger partial charge in [-0.25, -0.2) is 4.99 Å². The molecule has 0 aromatic carbocycles. The largest absolute Gasteiger partial charge is 0.385 e. The van der Waals surface area contributed by atoms with Crippen molar-refractivity contribution in [1.29, 1.82) is 0 Å². The number of halogens is 1. The maximum atomic E-state index is 12.3. The van der Waals surface area contributed by atoms with E-state index >= 15 is 0 Å². The average molecular weight is 471 g/mol. The van der Waals surface area contributed by atoms with Crippen molar-refractivity contribution < 1.29 is 4.79 Å². The van der Waals surface area contributed by atoms with Crippen molar-refractivity contribution >= 4 is 35.3 Å². The average Bonchev–Trinajstić information content (AvgIpc) is 2.74. The number of guanidine groups is 2. The summed E-state index contributed by atoms with van der Waals surface area (Å²) in [7, 11) is 0. The summed E-state index contributed by atoms with van der Waals surface area (Å²) in [6.45, 7) is 7.39. The monoisotopic (exact) mass is 470 g/mol. The quantitative estimate of drug-likeness (QED) is 0.0754. The first-order valence-corrected chi connectivity index (χ1v) is 11.0. The van der Waals surface area contributed by atoms with E-state index in [4.69, 9.17) is 40.3 Å². The zero-order valence-corrected chi connectivity index (χ0v) is 19.0. The number of piperazine rings is 1. The molecular formula is C18H35ClN12O. The molecule has 0 radical (unpaired) electrons. The number of aliphatic imine (C=N–C) groups is 3. The first-order valence-electron chi connectivity index (χ1n) is 10.6. The fourth-order valence-corrected chi connectivity index (χ4v) is 3.50. The molecule has 14 heteroatoms. The predicted octanol–water partition coefficient (Wildman–Crippen LogP) is -2.87. The van der Waals surface area contributed by atoms with Gasteiger partial charge >= 0.3 is 0 Å². The molecule has 0 aromatic heterocycles. The molecule has 2 heterocycles. The third-order valence-electron chi connectivity index (χ3n) is 5.11. The maximum absolute atomic E-state index is 12.3. The van der Waals surface area contributed by atoms with Crippen LogP contribution < -0.4 is 39.3 Å². The normalized spacial score (nSPS) is 20.5. The van der Waals surface area contributed by atoms with E-state index < -0.39 is 11.9 Å². The van der Waals surface area contributed by atoms with E-state index in [-0.39, 0.29) is 28.7 Å². The van der Waals surface area contributed by atoms with Crippen molar-refractivity contribution in [3.05, 3.63) is 11.0 Å². The Labute approximate surface area is 193 Å². The highest BCUT2D eigenvalue weighted by molar-refractivity contribution is 6.30. The first kappa shape index (κ1) is 25.5. The van der Waals surface area contributed by atoms with E-state index in [1.165, 1.54) is 0 Å². The van der Waals surface area contributed by atoms with E-state index in [0.29, 0.717) is 13.1 Å². The van der Waals surface area contributed by atoms with Crippen molar-refractivity contribution in [2.24, 2.45) is 43.6 Å². The molecule has 0 bridgehead atoms. The van der Waals surface area contributed by atoms with Crippen LogP contribution in [-0.2, 0) is 4.79 Å². The number of nitrogens with two attached hydrogens (primary N) is 5. The van der Waals surface area contributed by atoms with Gasteiger partial charge in [-0.2, -0.15) is 0 Å². The van der Waals surface area contributed by atoms with Gasteiger partial charge in [0.15, 0.2) is 23.8 Å². The van der Waals surface area contributed by atoms with E-state index in [1.807, 2.05) is 0 Å². The molecule has 0 aromatic rings. The Morgan fingerprint density at radius 3 is 2.25 bits per heavy atom. The first-order chi connectivity index (χ1) is 15.3. The minimum absolute atomic E-state index is 0.00561. The Morgan fingerprint density at radius 2 is 1.62 bits per heavy atom. The minimum Gasteiger partial charge on any atom is -0.385 e. The second-order valence-corrected chi connectivity index (χ2v) is 8.00. The van der Waals surface area contributed by atoms with Crippen molar-refractivity contribution in [1.82, 2.24) is 20.4 Å². The summed E-state index contributed by atoms with van der Waals surface area (Å²) in [6, 6.07) is -0.950. The summed E-state index contributed by atoms with van der Waals surface area (Å²) in [5, 5.41) is 5.22. The fraction of sp³-hybridized carbons (Fsp3) is 0.667. The van der Waals surface area contributed by atoms with Crippen LogP contribution in [0, 0.1) is 0 Å². The molecule has 2 rings (SSSR count). The smallest absolute Gasteiger partial charge is 0.257 e. The molecule has 13 nitrogen and oxygen atoms in total. The third-order valence-corrected chi connectivity index (χ3v) is 5.41. The summed E-state index contributed by atoms with van der Waals surface area (Å²) < 4.78 is 0. The van der Waals surface area contributed by atoms with Gasteiger partial charge in [-0.05, 0) is 25.8 Å². The number of carbonyl (C=O) groups is 1. The molecule has 1 unspecified atom stereocenters. The molecule has 32 heavy (non-hydrogen) atoms. The lowest BCUT2D eigenvalue weighted by atomic mass is 10.2. The van der Waals surface area contributed by atoms with Crippen molar-refractivity contribution in [3.63, 3.8) is 0 Å². The van der Waals surface area contributed by atoms with E-state index in [2.05, 4.69) is 35.4 Å². The number of unbranched alkanes of at least 4 members (excludes halogenated alkanes) is 1. The molecule has 1 atom stereocenters. The number of rotatable bonds is 10. The standard InChI is InChI=1S/C18H35ClN12O/c19-13-15(21)28-14(20)12(27-13)16(32)29-18(24)26-4-1-2-6-30-8-10-31(11-9-30)7-3-5-25-17(22)23/h12,27H,1-11,21H2,(H2,20,28)(H4,22,23,25)(H3,24,26,29,32). The number of hydrogen-bond donors (Lipinski definition) is 7. The van der Waals surface area contributed by atoms with Crippen LogP contribution in [0.5, 0.6) is 0 Å². The number of amidine groups is 1. The molecule has 1 amide bonds. The second-order valence-electron chi connectivity index (χ2n) is 7.62. The van der Waals surface area contributed by atoms with Crippen LogP contribution in [0.15, 0.2) is 26.0 Å². The summed E-state index contributed by atoms with van der Waals surface area (Å²) >= 11 is 5.86. The molecule has 2 aliphatic rings. The Balaban J connectivity index is 1.57. The van der Waals surface area contributed by atoms with Crippen molar-refractivity contribution in [2.45, 2.75) is 25.3 Å². The Morgan fingerprint density at radius 1 is 1.03 bits per heavy atom. The van der Waals surface area contributed by atoms with Gasteiger partial charge in [0.1, 0.15) is 11.0 Å². The van der Waals surface area contributed by atoms with Gasteiger partial charge in [0.25, 0.3) is 5.91 Å². The topological polar surface area (TPSA) is 215 Å². The number of amides is 1. The number of hydrogen-bond acceptors (Lipinski definition) is 9. The highest BCUT2D eigenvalue weighted by atomic mass is 35.5. The lowest BCUT2D eigenvalue weighted by molar-refractivity contribution is -0.120. The van der Waals surface area contributed by atoms with E-state index in [0.717, 1.165) is 58.5 Å². The SMILES string of the molecule is NC(N)=NCCCN1CCN(CCCCN=C(N)NC(=O)C2NC(Cl)=C(N)N=C2N)CC1. The maximum Gasteiger partial charge on any atom is 0.257 e. The predicted molar refractivity (Wildman–Crippen MR) is 128 cm³/mol. The van der Waals surface area contributed by atoms with Crippen LogP contribution in [0.1, 0.15) is 19.3 Å². The zero-order valence-electron chi connectivity index (χ0n) is 18.3. The number of nitrogens with one attached hydrogen (secondary N) is 2. The van der Waals surface area contributed by atoms with Gasteiger partial charge in [-0.3, -0.25) is 20.1 Å². The molecule has 0 saturated carbocycles. The molecule has 2 aliphatic heterocycles. The van der Waals surface area contributed by atoms with Gasteiger partial charge < -0.3 is 43.8 Å². The van der Waals surface area contributed by atoms with Crippen LogP contribution in [0.2, 0.25) is 0 Å². The Kier molecular flexibility index (Phi) is 10.3. The van der Waals surface area contributed by atoms with Crippen LogP contribution >= 0.6 is 11.6 Å². The lowest BCUT2D eigenvalue weighted by Crippen LogP contribution is -2.55. The summed E-state index contributed by atoms with van der Waals surface area (Å²) in [6.07, 6.45) is 2.83. The molecule has 12 N–H and O–H groups in total. The lowest BCUT2D eigenvalue weighted by Gasteiger charge is -2.34. The van der Waals surface area contributed by atoms with Gasteiger partial charge in [0.2, 0.25) is 0 Å². The van der Waals surface area contributed by atoms with Gasteiger partial charge in [-0.1, -0.05) is 11.6 Å². The Bertz CT molecular complexity index is 753. The summed E-state index contributed by atoms with van der Waals surface area (Å²) in [5.41, 5.74) is 27.7. The zero-order chi connectivity index (χ0) is 23.5.